The minimum atomic E-state index is -1.07. The maximum atomic E-state index is 13.0. The number of hydrogen-bond acceptors (Lipinski definition) is 15. The van der Waals surface area contributed by atoms with E-state index < -0.39 is 18.0 Å². The molecule has 8 N–H and O–H groups in total. The van der Waals surface area contributed by atoms with Crippen LogP contribution < -0.4 is 31.9 Å². The van der Waals surface area contributed by atoms with Crippen LogP contribution in [0.1, 0.15) is 175 Å². The van der Waals surface area contributed by atoms with Crippen molar-refractivity contribution in [3.8, 4) is 0 Å². The molecule has 0 radical (unpaired) electrons. The summed E-state index contributed by atoms with van der Waals surface area (Å²) in [5, 5.41) is 35.5. The number of nitrogens with one attached hydrogen (secondary N) is 6. The van der Waals surface area contributed by atoms with Gasteiger partial charge in [-0.05, 0) is 42.6 Å². The number of carbonyl (C=O) groups excluding carboxylic acids is 7. The number of carboxylic acids is 2. The van der Waals surface area contributed by atoms with Gasteiger partial charge in [0.25, 0.3) is 0 Å². The minimum Gasteiger partial charge on any atom is -0.481 e. The largest absolute Gasteiger partial charge is 0.481 e. The summed E-state index contributed by atoms with van der Waals surface area (Å²) >= 11 is 3.05. The lowest BCUT2D eigenvalue weighted by Crippen LogP contribution is -2.43. The van der Waals surface area contributed by atoms with E-state index >= 15 is 0 Å². The van der Waals surface area contributed by atoms with Crippen LogP contribution in [0.25, 0.3) is 0 Å². The molecule has 80 heavy (non-hydrogen) atoms. The summed E-state index contributed by atoms with van der Waals surface area (Å²) in [4.78, 5) is 110. The summed E-state index contributed by atoms with van der Waals surface area (Å²) in [5.41, 5.74) is 0. The molecule has 24 heteroatoms. The fraction of sp³-hybridized carbons (Fsp3) is 0.839. The van der Waals surface area contributed by atoms with Crippen molar-refractivity contribution in [3.63, 3.8) is 0 Å². The van der Waals surface area contributed by atoms with Crippen molar-refractivity contribution in [2.75, 3.05) is 110 Å². The van der Waals surface area contributed by atoms with Crippen LogP contribution in [-0.2, 0) is 62.1 Å². The number of nitrogens with zero attached hydrogens (tertiary/aromatic N) is 1. The lowest BCUT2D eigenvalue weighted by atomic mass is 10.0. The van der Waals surface area contributed by atoms with Gasteiger partial charge in [0.05, 0.1) is 64.4 Å². The van der Waals surface area contributed by atoms with Crippen molar-refractivity contribution >= 4 is 76.8 Å². The first-order valence-corrected chi connectivity index (χ1v) is 31.5. The fourth-order valence-corrected chi connectivity index (χ4v) is 8.83. The van der Waals surface area contributed by atoms with Gasteiger partial charge in [0.1, 0.15) is 6.04 Å². The lowest BCUT2D eigenvalue weighted by Gasteiger charge is -2.23. The van der Waals surface area contributed by atoms with Crippen molar-refractivity contribution in [1.82, 2.24) is 36.8 Å². The molecule has 0 spiro atoms. The maximum Gasteiger partial charge on any atom is 0.326 e. The first kappa shape index (κ1) is 75.8. The van der Waals surface area contributed by atoms with Crippen LogP contribution in [0.4, 0.5) is 0 Å². The molecule has 1 atom stereocenters. The zero-order chi connectivity index (χ0) is 59.3. The Balaban J connectivity index is 3.86. The molecular weight excluding hydrogens is 1070 g/mol. The molecule has 0 rings (SSSR count). The highest BCUT2D eigenvalue weighted by atomic mass is 32.2. The molecule has 464 valence electrons. The highest BCUT2D eigenvalue weighted by Gasteiger charge is 2.20. The van der Waals surface area contributed by atoms with E-state index in [2.05, 4.69) is 31.9 Å². The van der Waals surface area contributed by atoms with E-state index in [0.717, 1.165) is 44.9 Å². The minimum absolute atomic E-state index is 0.0255. The first-order chi connectivity index (χ1) is 38.5. The fourth-order valence-electron chi connectivity index (χ4n) is 7.66. The molecule has 0 unspecified atom stereocenters. The maximum absolute atomic E-state index is 13.0. The average Bonchev–Trinajstić information content (AvgIpc) is 3.41. The molecule has 0 aliphatic rings. The van der Waals surface area contributed by atoms with E-state index in [9.17, 15) is 48.3 Å². The highest BCUT2D eigenvalue weighted by molar-refractivity contribution is 8.00. The summed E-state index contributed by atoms with van der Waals surface area (Å²) < 4.78 is 21.9. The van der Waals surface area contributed by atoms with Crippen molar-refractivity contribution in [2.45, 2.75) is 192 Å². The van der Waals surface area contributed by atoms with E-state index in [-0.39, 0.29) is 165 Å². The van der Waals surface area contributed by atoms with Gasteiger partial charge in [0.2, 0.25) is 41.4 Å². The molecule has 22 nitrogen and oxygen atoms in total. The third-order valence-corrected chi connectivity index (χ3v) is 14.4. The SMILES string of the molecule is CC(C)SCC(=O)NCCN(CCNC(=O)CSC(C)C)C(=O)CCC(=O)NCCOCCOCCC(=O)NCCOCCOCCC(=O)NCCCC[C@H](NC(=O)CCCCCCCCCCCCCCCCC(=O)O)C(=O)O. The summed E-state index contributed by atoms with van der Waals surface area (Å²) in [6.45, 7) is 12.0. The molecule has 0 aromatic heterocycles. The van der Waals surface area contributed by atoms with Gasteiger partial charge in [0, 0.05) is 84.3 Å². The standard InChI is InChI=1S/C56H103N7O15S2/c1-45(2)79-43-52(68)58-29-33-63(34-30-59-53(69)44-80-46(3)4)54(70)25-24-48(64)60-31-37-77-41-40-76-36-27-50(66)61-32-38-78-42-39-75-35-26-49(65)57-28-20-19-21-47(56(73)74)62-51(67)22-17-15-13-11-9-7-5-6-8-10-12-14-16-18-23-55(71)72/h45-47H,5-44H2,1-4H3,(H,57,65)(H,58,68)(H,59,69)(H,60,64)(H,61,66)(H,62,67)(H,71,72)(H,73,74)/t47-/m0/s1. The Morgan fingerprint density at radius 1 is 0.388 bits per heavy atom. The lowest BCUT2D eigenvalue weighted by molar-refractivity contribution is -0.142. The van der Waals surface area contributed by atoms with Gasteiger partial charge in [-0.3, -0.25) is 38.4 Å². The van der Waals surface area contributed by atoms with Gasteiger partial charge in [0.15, 0.2) is 0 Å². The van der Waals surface area contributed by atoms with Gasteiger partial charge in [-0.15, -0.1) is 23.5 Å². The van der Waals surface area contributed by atoms with Gasteiger partial charge in [-0.2, -0.15) is 0 Å². The summed E-state index contributed by atoms with van der Waals surface area (Å²) in [5.74, 6) is -2.56. The third kappa shape index (κ3) is 53.1. The quantitative estimate of drug-likeness (QED) is 0.0355. The second kappa shape index (κ2) is 54.0. The van der Waals surface area contributed by atoms with Crippen LogP contribution >= 0.6 is 23.5 Å². The molecule has 0 fully saturated rings. The summed E-state index contributed by atoms with van der Waals surface area (Å²) in [6, 6.07) is -0.959. The summed E-state index contributed by atoms with van der Waals surface area (Å²) in [6.07, 6.45) is 17.5. The van der Waals surface area contributed by atoms with Gasteiger partial charge >= 0.3 is 11.9 Å². The molecule has 0 saturated heterocycles. The second-order valence-electron chi connectivity index (χ2n) is 20.1. The Bertz CT molecular complexity index is 1650. The van der Waals surface area contributed by atoms with E-state index in [1.807, 2.05) is 27.7 Å². The number of unbranched alkanes of at least 4 members (excludes halogenated alkanes) is 14. The number of ether oxygens (including phenoxy) is 4. The number of amides is 7. The van der Waals surface area contributed by atoms with Crippen molar-refractivity contribution in [1.29, 1.82) is 0 Å². The third-order valence-electron chi connectivity index (χ3n) is 12.2. The van der Waals surface area contributed by atoms with Crippen LogP contribution in [0.5, 0.6) is 0 Å². The molecule has 0 aromatic rings. The smallest absolute Gasteiger partial charge is 0.326 e. The molecule has 0 aromatic carbocycles. The zero-order valence-corrected chi connectivity index (χ0v) is 50.6. The van der Waals surface area contributed by atoms with E-state index in [4.69, 9.17) is 24.1 Å². The second-order valence-corrected chi connectivity index (χ2v) is 23.2. The van der Waals surface area contributed by atoms with Crippen LogP contribution in [0.15, 0.2) is 0 Å². The van der Waals surface area contributed by atoms with Gasteiger partial charge in [-0.1, -0.05) is 105 Å². The molecule has 0 bridgehead atoms. The summed E-state index contributed by atoms with van der Waals surface area (Å²) in [7, 11) is 0. The molecule has 0 aliphatic carbocycles. The normalized spacial score (nSPS) is 11.5. The van der Waals surface area contributed by atoms with Gasteiger partial charge < -0.3 is 66.0 Å². The predicted molar refractivity (Wildman–Crippen MR) is 313 cm³/mol. The van der Waals surface area contributed by atoms with Crippen molar-refractivity contribution < 1.29 is 72.3 Å². The average molecular weight is 1180 g/mol. The monoisotopic (exact) mass is 1180 g/mol. The Hall–Kier alpha value is -4.23. The topological polar surface area (TPSA) is 306 Å². The molecule has 7 amide bonds. The van der Waals surface area contributed by atoms with Crippen molar-refractivity contribution in [3.05, 3.63) is 0 Å². The molecule has 0 aliphatic heterocycles. The Morgan fingerprint density at radius 3 is 1.20 bits per heavy atom. The van der Waals surface area contributed by atoms with Crippen LogP contribution in [0.2, 0.25) is 0 Å². The number of rotatable bonds is 57. The predicted octanol–water partition coefficient (Wildman–Crippen LogP) is 5.37. The van der Waals surface area contributed by atoms with Crippen LogP contribution in [0, 0.1) is 0 Å². The van der Waals surface area contributed by atoms with E-state index in [0.29, 0.717) is 54.4 Å². The number of aliphatic carboxylic acids is 2. The van der Waals surface area contributed by atoms with E-state index in [1.165, 1.54) is 68.5 Å². The Morgan fingerprint density at radius 2 is 0.775 bits per heavy atom. The molecule has 0 saturated carbocycles. The number of hydrogen-bond donors (Lipinski definition) is 8. The highest BCUT2D eigenvalue weighted by Crippen LogP contribution is 2.15. The number of carbonyl (C=O) groups is 9. The first-order valence-electron chi connectivity index (χ1n) is 29.4. The van der Waals surface area contributed by atoms with Crippen LogP contribution in [-0.4, -0.2) is 195 Å². The molecular formula is C56H103N7O15S2. The number of thioether (sulfide) groups is 2. The zero-order valence-electron chi connectivity index (χ0n) is 49.0. The Kier molecular flexibility index (Phi) is 51.2. The molecule has 0 heterocycles. The van der Waals surface area contributed by atoms with E-state index in [1.54, 1.807) is 4.90 Å². The number of carboxylic acid groups (broad SMARTS) is 2. The van der Waals surface area contributed by atoms with Crippen molar-refractivity contribution in [2.24, 2.45) is 0 Å². The van der Waals surface area contributed by atoms with Crippen LogP contribution in [0.3, 0.4) is 0 Å². The van der Waals surface area contributed by atoms with Gasteiger partial charge in [-0.25, -0.2) is 4.79 Å². The Labute approximate surface area is 486 Å².